The lowest BCUT2D eigenvalue weighted by molar-refractivity contribution is -0.143. The summed E-state index contributed by atoms with van der Waals surface area (Å²) in [6, 6.07) is 7.44. The predicted molar refractivity (Wildman–Crippen MR) is 84.8 cm³/mol. The monoisotopic (exact) mass is 323 g/mol. The molecule has 1 aromatic rings. The summed E-state index contributed by atoms with van der Waals surface area (Å²) in [6.45, 7) is 1.68. The zero-order chi connectivity index (χ0) is 15.5. The Labute approximate surface area is 136 Å². The lowest BCUT2D eigenvalue weighted by Crippen LogP contribution is -2.54. The van der Waals surface area contributed by atoms with Gasteiger partial charge in [0.2, 0.25) is 5.91 Å². The Morgan fingerprint density at radius 2 is 2.18 bits per heavy atom. The summed E-state index contributed by atoms with van der Waals surface area (Å²) in [5.41, 5.74) is 0.853. The van der Waals surface area contributed by atoms with Gasteiger partial charge in [0.05, 0.1) is 31.8 Å². The number of hydrogen-bond donors (Lipinski definition) is 1. The third-order valence-corrected chi connectivity index (χ3v) is 5.18. The number of carbonyl (C=O) groups excluding carboxylic acids is 1. The Morgan fingerprint density at radius 1 is 1.36 bits per heavy atom. The third-order valence-electron chi connectivity index (χ3n) is 4.81. The summed E-state index contributed by atoms with van der Waals surface area (Å²) in [5.74, 6) is 0.205. The van der Waals surface area contributed by atoms with Crippen LogP contribution in [0.4, 0.5) is 0 Å². The minimum Gasteiger partial charge on any atom is -0.393 e. The first-order valence-corrected chi connectivity index (χ1v) is 8.33. The molecular formula is C17H22ClNO3. The average Bonchev–Trinajstić information content (AvgIpc) is 2.95. The fourth-order valence-electron chi connectivity index (χ4n) is 3.61. The van der Waals surface area contributed by atoms with Crippen LogP contribution in [0, 0.1) is 5.92 Å². The van der Waals surface area contributed by atoms with E-state index in [1.54, 1.807) is 0 Å². The average molecular weight is 324 g/mol. The molecule has 1 N–H and O–H groups in total. The fourth-order valence-corrected chi connectivity index (χ4v) is 3.81. The lowest BCUT2D eigenvalue weighted by atomic mass is 9.93. The van der Waals surface area contributed by atoms with Crippen molar-refractivity contribution in [3.05, 3.63) is 34.9 Å². The maximum Gasteiger partial charge on any atom is 0.227 e. The molecule has 1 saturated carbocycles. The van der Waals surface area contributed by atoms with E-state index in [1.165, 1.54) is 0 Å². The summed E-state index contributed by atoms with van der Waals surface area (Å²) in [5, 5.41) is 10.8. The Morgan fingerprint density at radius 3 is 2.91 bits per heavy atom. The normalized spacial score (nSPS) is 28.8. The van der Waals surface area contributed by atoms with Gasteiger partial charge in [-0.2, -0.15) is 0 Å². The molecule has 1 heterocycles. The van der Waals surface area contributed by atoms with Gasteiger partial charge in [0.15, 0.2) is 0 Å². The maximum atomic E-state index is 12.7. The Kier molecular flexibility index (Phi) is 5.01. The van der Waals surface area contributed by atoms with Crippen molar-refractivity contribution in [1.82, 2.24) is 4.90 Å². The van der Waals surface area contributed by atoms with Crippen molar-refractivity contribution in [2.45, 2.75) is 37.8 Å². The standard InChI is InChI=1S/C17H22ClNO3/c18-14-6-2-1-4-12(14)10-17(21)19-8-9-22-11-15(19)13-5-3-7-16(13)20/h1-2,4,6,13,15-16,20H,3,5,7-11H2/t13-,15-,16+/m1/s1. The number of hydrogen-bond acceptors (Lipinski definition) is 3. The van der Waals surface area contributed by atoms with Crippen LogP contribution in [0.1, 0.15) is 24.8 Å². The van der Waals surface area contributed by atoms with Crippen molar-refractivity contribution < 1.29 is 14.6 Å². The molecule has 120 valence electrons. The molecule has 1 aliphatic heterocycles. The first-order chi connectivity index (χ1) is 10.7. The van der Waals surface area contributed by atoms with Gasteiger partial charge in [-0.1, -0.05) is 36.2 Å². The molecule has 0 radical (unpaired) electrons. The van der Waals surface area contributed by atoms with Gasteiger partial charge < -0.3 is 14.7 Å². The highest BCUT2D eigenvalue weighted by molar-refractivity contribution is 6.31. The molecule has 1 amide bonds. The van der Waals surface area contributed by atoms with E-state index in [0.717, 1.165) is 24.8 Å². The first-order valence-electron chi connectivity index (χ1n) is 7.95. The van der Waals surface area contributed by atoms with E-state index in [2.05, 4.69) is 0 Å². The second-order valence-electron chi connectivity index (χ2n) is 6.16. The summed E-state index contributed by atoms with van der Waals surface area (Å²) in [6.07, 6.45) is 2.80. The highest BCUT2D eigenvalue weighted by Gasteiger charge is 2.39. The second kappa shape index (κ2) is 6.99. The molecule has 3 rings (SSSR count). The number of halogens is 1. The molecule has 5 heteroatoms. The van der Waals surface area contributed by atoms with E-state index in [0.29, 0.717) is 31.2 Å². The number of aliphatic hydroxyl groups excluding tert-OH is 1. The van der Waals surface area contributed by atoms with Crippen molar-refractivity contribution in [1.29, 1.82) is 0 Å². The van der Waals surface area contributed by atoms with Gasteiger partial charge >= 0.3 is 0 Å². The van der Waals surface area contributed by atoms with E-state index >= 15 is 0 Å². The number of amides is 1. The van der Waals surface area contributed by atoms with E-state index in [1.807, 2.05) is 29.2 Å². The molecule has 1 aromatic carbocycles. The number of aliphatic hydroxyl groups is 1. The molecule has 4 nitrogen and oxygen atoms in total. The molecule has 0 unspecified atom stereocenters. The SMILES string of the molecule is O=C(Cc1ccccc1Cl)N1CCOC[C@@H]1[C@H]1CCC[C@@H]1O. The fraction of sp³-hybridized carbons (Fsp3) is 0.588. The number of nitrogens with zero attached hydrogens (tertiary/aromatic N) is 1. The summed E-state index contributed by atoms with van der Waals surface area (Å²) >= 11 is 6.16. The molecule has 3 atom stereocenters. The number of benzene rings is 1. The molecule has 0 spiro atoms. The molecule has 0 aromatic heterocycles. The summed E-state index contributed by atoms with van der Waals surface area (Å²) in [4.78, 5) is 14.6. The highest BCUT2D eigenvalue weighted by Crippen LogP contribution is 2.32. The lowest BCUT2D eigenvalue weighted by Gasteiger charge is -2.40. The second-order valence-corrected chi connectivity index (χ2v) is 6.57. The van der Waals surface area contributed by atoms with Crippen LogP contribution in [0.5, 0.6) is 0 Å². The topological polar surface area (TPSA) is 49.8 Å². The summed E-state index contributed by atoms with van der Waals surface area (Å²) in [7, 11) is 0. The van der Waals surface area contributed by atoms with Crippen molar-refractivity contribution in [3.63, 3.8) is 0 Å². The van der Waals surface area contributed by atoms with E-state index in [9.17, 15) is 9.90 Å². The van der Waals surface area contributed by atoms with E-state index in [4.69, 9.17) is 16.3 Å². The summed E-state index contributed by atoms with van der Waals surface area (Å²) < 4.78 is 5.57. The molecule has 2 aliphatic rings. The number of ether oxygens (including phenoxy) is 1. The Bertz CT molecular complexity index is 536. The Hall–Kier alpha value is -1.10. The number of rotatable bonds is 3. The van der Waals surface area contributed by atoms with Crippen LogP contribution in [-0.2, 0) is 16.0 Å². The third kappa shape index (κ3) is 3.29. The van der Waals surface area contributed by atoms with Gasteiger partial charge in [-0.3, -0.25) is 4.79 Å². The molecular weight excluding hydrogens is 302 g/mol. The smallest absolute Gasteiger partial charge is 0.227 e. The molecule has 1 aliphatic carbocycles. The van der Waals surface area contributed by atoms with Gasteiger partial charge in [0.25, 0.3) is 0 Å². The van der Waals surface area contributed by atoms with Crippen LogP contribution in [0.3, 0.4) is 0 Å². The van der Waals surface area contributed by atoms with Crippen LogP contribution in [0.25, 0.3) is 0 Å². The number of carbonyl (C=O) groups is 1. The minimum absolute atomic E-state index is 0.0127. The van der Waals surface area contributed by atoms with Crippen LogP contribution < -0.4 is 0 Å². The van der Waals surface area contributed by atoms with E-state index in [-0.39, 0.29) is 24.0 Å². The van der Waals surface area contributed by atoms with Crippen molar-refractivity contribution in [2.24, 2.45) is 5.92 Å². The molecule has 2 fully saturated rings. The van der Waals surface area contributed by atoms with Gasteiger partial charge in [0.1, 0.15) is 0 Å². The first kappa shape index (κ1) is 15.8. The highest BCUT2D eigenvalue weighted by atomic mass is 35.5. The van der Waals surface area contributed by atoms with Gasteiger partial charge in [-0.25, -0.2) is 0 Å². The molecule has 1 saturated heterocycles. The zero-order valence-corrected chi connectivity index (χ0v) is 13.3. The van der Waals surface area contributed by atoms with Crippen LogP contribution in [0.2, 0.25) is 5.02 Å². The Balaban J connectivity index is 1.73. The van der Waals surface area contributed by atoms with Gasteiger partial charge in [0, 0.05) is 17.5 Å². The van der Waals surface area contributed by atoms with Crippen LogP contribution in [-0.4, -0.2) is 47.8 Å². The van der Waals surface area contributed by atoms with E-state index < -0.39 is 0 Å². The van der Waals surface area contributed by atoms with Crippen LogP contribution >= 0.6 is 11.6 Å². The van der Waals surface area contributed by atoms with Gasteiger partial charge in [-0.15, -0.1) is 0 Å². The van der Waals surface area contributed by atoms with Crippen molar-refractivity contribution >= 4 is 17.5 Å². The molecule has 0 bridgehead atoms. The number of morpholine rings is 1. The maximum absolute atomic E-state index is 12.7. The predicted octanol–water partition coefficient (Wildman–Crippen LogP) is 2.27. The minimum atomic E-state index is -0.317. The van der Waals surface area contributed by atoms with Gasteiger partial charge in [-0.05, 0) is 24.5 Å². The largest absolute Gasteiger partial charge is 0.393 e. The van der Waals surface area contributed by atoms with Crippen molar-refractivity contribution in [2.75, 3.05) is 19.8 Å². The van der Waals surface area contributed by atoms with Crippen LogP contribution in [0.15, 0.2) is 24.3 Å². The zero-order valence-electron chi connectivity index (χ0n) is 12.6. The quantitative estimate of drug-likeness (QED) is 0.928. The van der Waals surface area contributed by atoms with Crippen molar-refractivity contribution in [3.8, 4) is 0 Å². The molecule has 22 heavy (non-hydrogen) atoms.